The topological polar surface area (TPSA) is 92.3 Å². The first-order chi connectivity index (χ1) is 12.8. The predicted octanol–water partition coefficient (Wildman–Crippen LogP) is 3.02. The van der Waals surface area contributed by atoms with Gasteiger partial charge >= 0.3 is 0 Å². The highest BCUT2D eigenvalue weighted by molar-refractivity contribution is 7.89. The third kappa shape index (κ3) is 4.05. The Hall–Kier alpha value is -2.62. The minimum absolute atomic E-state index is 0.164. The van der Waals surface area contributed by atoms with Crippen molar-refractivity contribution in [3.8, 4) is 10.7 Å². The number of carbonyl (C=O) groups excluding carboxylic acids is 1. The number of carbonyl (C=O) groups is 1. The normalized spacial score (nSPS) is 11.6. The van der Waals surface area contributed by atoms with Crippen molar-refractivity contribution < 1.29 is 13.2 Å². The number of anilines is 1. The van der Waals surface area contributed by atoms with Gasteiger partial charge in [-0.3, -0.25) is 9.78 Å². The molecule has 0 spiro atoms. The van der Waals surface area contributed by atoms with Gasteiger partial charge in [0, 0.05) is 26.0 Å². The Bertz CT molecular complexity index is 1060. The Morgan fingerprint density at radius 1 is 1.11 bits per heavy atom. The van der Waals surface area contributed by atoms with E-state index in [1.165, 1.54) is 37.6 Å². The van der Waals surface area contributed by atoms with Crippen molar-refractivity contribution in [2.24, 2.45) is 0 Å². The molecule has 9 heteroatoms. The average molecular weight is 403 g/mol. The van der Waals surface area contributed by atoms with Gasteiger partial charge < -0.3 is 5.32 Å². The van der Waals surface area contributed by atoms with Crippen molar-refractivity contribution in [2.75, 3.05) is 19.4 Å². The Morgan fingerprint density at radius 3 is 2.41 bits per heavy atom. The van der Waals surface area contributed by atoms with Crippen LogP contribution in [-0.2, 0) is 10.0 Å². The molecule has 1 N–H and O–H groups in total. The average Bonchev–Trinajstić information content (AvgIpc) is 3.04. The van der Waals surface area contributed by atoms with Crippen molar-refractivity contribution in [2.45, 2.75) is 11.8 Å². The zero-order valence-electron chi connectivity index (χ0n) is 15.0. The molecule has 2 heterocycles. The first-order valence-corrected chi connectivity index (χ1v) is 10.3. The summed E-state index contributed by atoms with van der Waals surface area (Å²) in [6.07, 6.45) is 1.68. The Kier molecular flexibility index (Phi) is 5.36. The monoisotopic (exact) mass is 402 g/mol. The largest absolute Gasteiger partial charge is 0.321 e. The van der Waals surface area contributed by atoms with Crippen LogP contribution in [0.2, 0.25) is 0 Å². The van der Waals surface area contributed by atoms with Gasteiger partial charge in [-0.05, 0) is 43.3 Å². The SMILES string of the molecule is Cc1nc(-c2ccccn2)sc1C(=O)Nc1ccc(S(=O)(=O)N(C)C)cc1. The lowest BCUT2D eigenvalue weighted by Crippen LogP contribution is -2.22. The Labute approximate surface area is 161 Å². The fraction of sp³-hybridized carbons (Fsp3) is 0.167. The summed E-state index contributed by atoms with van der Waals surface area (Å²) >= 11 is 1.26. The molecule has 0 atom stereocenters. The number of thiazole rings is 1. The van der Waals surface area contributed by atoms with Crippen molar-refractivity contribution in [1.29, 1.82) is 0 Å². The molecule has 0 unspecified atom stereocenters. The number of benzene rings is 1. The molecule has 1 amide bonds. The molecular formula is C18H18N4O3S2. The smallest absolute Gasteiger partial charge is 0.267 e. The number of hydrogen-bond donors (Lipinski definition) is 1. The van der Waals surface area contributed by atoms with Gasteiger partial charge in [0.05, 0.1) is 16.3 Å². The first kappa shape index (κ1) is 19.2. The minimum atomic E-state index is -3.50. The molecule has 3 rings (SSSR count). The number of pyridine rings is 1. The van der Waals surface area contributed by atoms with E-state index in [1.54, 1.807) is 25.3 Å². The number of rotatable bonds is 5. The van der Waals surface area contributed by atoms with Crippen molar-refractivity contribution in [3.05, 3.63) is 59.2 Å². The van der Waals surface area contributed by atoms with Crippen LogP contribution in [0.1, 0.15) is 15.4 Å². The highest BCUT2D eigenvalue weighted by Crippen LogP contribution is 2.27. The molecule has 0 aliphatic carbocycles. The van der Waals surface area contributed by atoms with Crippen LogP contribution in [0.15, 0.2) is 53.6 Å². The van der Waals surface area contributed by atoms with E-state index >= 15 is 0 Å². The number of amides is 1. The van der Waals surface area contributed by atoms with Gasteiger partial charge in [-0.15, -0.1) is 11.3 Å². The lowest BCUT2D eigenvalue weighted by atomic mass is 10.3. The van der Waals surface area contributed by atoms with Crippen molar-refractivity contribution in [1.82, 2.24) is 14.3 Å². The summed E-state index contributed by atoms with van der Waals surface area (Å²) in [6, 6.07) is 11.6. The molecule has 2 aromatic heterocycles. The van der Waals surface area contributed by atoms with E-state index in [4.69, 9.17) is 0 Å². The lowest BCUT2D eigenvalue weighted by Gasteiger charge is -2.11. The fourth-order valence-electron chi connectivity index (χ4n) is 2.31. The van der Waals surface area contributed by atoms with Gasteiger partial charge in [0.2, 0.25) is 10.0 Å². The van der Waals surface area contributed by atoms with E-state index in [0.717, 1.165) is 4.31 Å². The van der Waals surface area contributed by atoms with Gasteiger partial charge in [0.1, 0.15) is 9.88 Å². The van der Waals surface area contributed by atoms with Crippen LogP contribution in [0.3, 0.4) is 0 Å². The quantitative estimate of drug-likeness (QED) is 0.708. The third-order valence-electron chi connectivity index (χ3n) is 3.78. The van der Waals surface area contributed by atoms with E-state index in [2.05, 4.69) is 15.3 Å². The zero-order valence-corrected chi connectivity index (χ0v) is 16.6. The molecule has 0 aliphatic heterocycles. The molecule has 0 saturated heterocycles. The zero-order chi connectivity index (χ0) is 19.6. The van der Waals surface area contributed by atoms with Gasteiger partial charge in [0.15, 0.2) is 0 Å². The van der Waals surface area contributed by atoms with Crippen LogP contribution in [0.5, 0.6) is 0 Å². The highest BCUT2D eigenvalue weighted by Gasteiger charge is 2.19. The number of nitrogens with zero attached hydrogens (tertiary/aromatic N) is 3. The van der Waals surface area contributed by atoms with Gasteiger partial charge in [-0.2, -0.15) is 0 Å². The second kappa shape index (κ2) is 7.55. The molecule has 0 fully saturated rings. The van der Waals surface area contributed by atoms with Crippen molar-refractivity contribution in [3.63, 3.8) is 0 Å². The molecule has 27 heavy (non-hydrogen) atoms. The van der Waals surface area contributed by atoms with E-state index < -0.39 is 10.0 Å². The molecule has 0 bridgehead atoms. The van der Waals surface area contributed by atoms with Crippen LogP contribution in [-0.4, -0.2) is 42.7 Å². The second-order valence-electron chi connectivity index (χ2n) is 5.91. The first-order valence-electron chi connectivity index (χ1n) is 8.02. The summed E-state index contributed by atoms with van der Waals surface area (Å²) in [5.74, 6) is -0.296. The van der Waals surface area contributed by atoms with E-state index in [1.807, 2.05) is 18.2 Å². The molecule has 7 nitrogen and oxygen atoms in total. The summed E-state index contributed by atoms with van der Waals surface area (Å²) in [5.41, 5.74) is 1.83. The summed E-state index contributed by atoms with van der Waals surface area (Å²) in [7, 11) is -0.565. The number of sulfonamides is 1. The molecular weight excluding hydrogens is 384 g/mol. The van der Waals surface area contributed by atoms with Crippen LogP contribution < -0.4 is 5.32 Å². The summed E-state index contributed by atoms with van der Waals surface area (Å²) < 4.78 is 25.3. The van der Waals surface area contributed by atoms with Crippen LogP contribution in [0, 0.1) is 6.92 Å². The maximum Gasteiger partial charge on any atom is 0.267 e. The van der Waals surface area contributed by atoms with Crippen LogP contribution >= 0.6 is 11.3 Å². The summed E-state index contributed by atoms with van der Waals surface area (Å²) in [5, 5.41) is 3.45. The van der Waals surface area contributed by atoms with Gasteiger partial charge in [-0.1, -0.05) is 6.07 Å². The highest BCUT2D eigenvalue weighted by atomic mass is 32.2. The molecule has 0 saturated carbocycles. The van der Waals surface area contributed by atoms with Crippen molar-refractivity contribution >= 4 is 33.0 Å². The molecule has 0 aliphatic rings. The molecule has 1 aromatic carbocycles. The molecule has 3 aromatic rings. The Balaban J connectivity index is 1.79. The van der Waals surface area contributed by atoms with Crippen LogP contribution in [0.25, 0.3) is 10.7 Å². The van der Waals surface area contributed by atoms with E-state index in [9.17, 15) is 13.2 Å². The third-order valence-corrected chi connectivity index (χ3v) is 6.79. The van der Waals surface area contributed by atoms with Gasteiger partial charge in [-0.25, -0.2) is 17.7 Å². The van der Waals surface area contributed by atoms with Gasteiger partial charge in [0.25, 0.3) is 5.91 Å². The lowest BCUT2D eigenvalue weighted by molar-refractivity contribution is 0.103. The van der Waals surface area contributed by atoms with E-state index in [-0.39, 0.29) is 10.8 Å². The second-order valence-corrected chi connectivity index (χ2v) is 9.07. The Morgan fingerprint density at radius 2 is 1.81 bits per heavy atom. The summed E-state index contributed by atoms with van der Waals surface area (Å²) in [6.45, 7) is 1.77. The fourth-order valence-corrected chi connectivity index (χ4v) is 4.15. The summed E-state index contributed by atoms with van der Waals surface area (Å²) in [4.78, 5) is 21.9. The molecule has 0 radical (unpaired) electrons. The number of aromatic nitrogens is 2. The molecule has 140 valence electrons. The standard InChI is InChI=1S/C18H18N4O3S2/c1-12-16(26-18(20-12)15-6-4-5-11-19-15)17(23)21-13-7-9-14(10-8-13)27(24,25)22(2)3/h4-11H,1-3H3,(H,21,23). The maximum atomic E-state index is 12.6. The number of aryl methyl sites for hydroxylation is 1. The number of hydrogen-bond acceptors (Lipinski definition) is 6. The van der Waals surface area contributed by atoms with E-state index in [0.29, 0.717) is 27.0 Å². The predicted molar refractivity (Wildman–Crippen MR) is 105 cm³/mol. The maximum absolute atomic E-state index is 12.6. The van der Waals surface area contributed by atoms with Crippen LogP contribution in [0.4, 0.5) is 5.69 Å². The minimum Gasteiger partial charge on any atom is -0.321 e. The number of nitrogens with one attached hydrogen (secondary N) is 1.